The molecule has 1 N–H and O–H groups in total. The Kier molecular flexibility index (Phi) is 5.84. The van der Waals surface area contributed by atoms with E-state index in [-0.39, 0.29) is 17.2 Å². The summed E-state index contributed by atoms with van der Waals surface area (Å²) in [6.07, 6.45) is 0.626. The predicted molar refractivity (Wildman–Crippen MR) is 120 cm³/mol. The third-order valence-electron chi connectivity index (χ3n) is 4.68. The first kappa shape index (κ1) is 20.1. The Bertz CT molecular complexity index is 1280. The van der Waals surface area contributed by atoms with Gasteiger partial charge in [-0.15, -0.1) is 0 Å². The summed E-state index contributed by atoms with van der Waals surface area (Å²) in [5, 5.41) is 9.38. The maximum atomic E-state index is 12.9. The molecule has 0 bridgehead atoms. The second-order valence-corrected chi connectivity index (χ2v) is 7.60. The number of nitrogens with one attached hydrogen (secondary N) is 1. The van der Waals surface area contributed by atoms with Crippen LogP contribution in [0.25, 0.3) is 16.5 Å². The Hall–Kier alpha value is -3.15. The molecule has 0 aliphatic heterocycles. The van der Waals surface area contributed by atoms with Crippen molar-refractivity contribution in [3.05, 3.63) is 104 Å². The molecular formula is C23H17Cl2N3O2. The Labute approximate surface area is 182 Å². The van der Waals surface area contributed by atoms with Crippen LogP contribution in [0.15, 0.2) is 77.6 Å². The highest BCUT2D eigenvalue weighted by Gasteiger charge is 2.17. The van der Waals surface area contributed by atoms with Crippen molar-refractivity contribution < 1.29 is 4.79 Å². The van der Waals surface area contributed by atoms with Gasteiger partial charge in [0.25, 0.3) is 11.5 Å². The van der Waals surface area contributed by atoms with E-state index in [9.17, 15) is 9.59 Å². The van der Waals surface area contributed by atoms with Crippen LogP contribution in [-0.2, 0) is 6.42 Å². The minimum atomic E-state index is -0.351. The van der Waals surface area contributed by atoms with Crippen molar-refractivity contribution in [2.45, 2.75) is 6.42 Å². The van der Waals surface area contributed by atoms with E-state index in [1.807, 2.05) is 18.2 Å². The lowest BCUT2D eigenvalue weighted by Crippen LogP contribution is -2.31. The zero-order chi connectivity index (χ0) is 21.1. The number of aromatic nitrogens is 2. The molecule has 0 saturated heterocycles. The van der Waals surface area contributed by atoms with Crippen LogP contribution in [0.1, 0.15) is 16.1 Å². The number of benzene rings is 3. The largest absolute Gasteiger partial charge is 0.350 e. The lowest BCUT2D eigenvalue weighted by Gasteiger charge is -2.11. The van der Waals surface area contributed by atoms with Crippen LogP contribution in [0.2, 0.25) is 10.0 Å². The molecule has 150 valence electrons. The quantitative estimate of drug-likeness (QED) is 0.493. The number of carbonyl (C=O) groups excluding carboxylic acids is 1. The first-order valence-corrected chi connectivity index (χ1v) is 10.1. The van der Waals surface area contributed by atoms with Crippen LogP contribution in [0.3, 0.4) is 0 Å². The molecule has 1 aromatic heterocycles. The fourth-order valence-electron chi connectivity index (χ4n) is 3.21. The van der Waals surface area contributed by atoms with Gasteiger partial charge in [-0.2, -0.15) is 9.78 Å². The van der Waals surface area contributed by atoms with Gasteiger partial charge >= 0.3 is 0 Å². The lowest BCUT2D eigenvalue weighted by atomic mass is 10.1. The summed E-state index contributed by atoms with van der Waals surface area (Å²) in [7, 11) is 0. The molecule has 0 spiro atoms. The number of hydrogen-bond donors (Lipinski definition) is 1. The van der Waals surface area contributed by atoms with Gasteiger partial charge in [-0.05, 0) is 54.4 Å². The average molecular weight is 438 g/mol. The number of nitrogens with zero attached hydrogens (tertiary/aromatic N) is 2. The third kappa shape index (κ3) is 4.22. The van der Waals surface area contributed by atoms with Crippen molar-refractivity contribution in [2.75, 3.05) is 6.54 Å². The van der Waals surface area contributed by atoms with Crippen molar-refractivity contribution in [1.82, 2.24) is 15.1 Å². The van der Waals surface area contributed by atoms with E-state index in [0.717, 1.165) is 5.56 Å². The van der Waals surface area contributed by atoms with Crippen LogP contribution in [-0.4, -0.2) is 22.2 Å². The summed E-state index contributed by atoms with van der Waals surface area (Å²) < 4.78 is 1.23. The average Bonchev–Trinajstić information content (AvgIpc) is 2.75. The summed E-state index contributed by atoms with van der Waals surface area (Å²) in [6, 6.07) is 21.2. The Morgan fingerprint density at radius 1 is 0.900 bits per heavy atom. The lowest BCUT2D eigenvalue weighted by molar-refractivity contribution is 0.0949. The molecule has 4 rings (SSSR count). The molecule has 1 amide bonds. The Balaban J connectivity index is 1.67. The number of halogens is 2. The van der Waals surface area contributed by atoms with E-state index >= 15 is 0 Å². The van der Waals surface area contributed by atoms with Crippen molar-refractivity contribution >= 4 is 39.9 Å². The van der Waals surface area contributed by atoms with Crippen molar-refractivity contribution in [3.8, 4) is 5.69 Å². The molecule has 0 fully saturated rings. The van der Waals surface area contributed by atoms with Crippen molar-refractivity contribution in [3.63, 3.8) is 0 Å². The van der Waals surface area contributed by atoms with E-state index in [2.05, 4.69) is 10.4 Å². The molecular weight excluding hydrogens is 421 g/mol. The van der Waals surface area contributed by atoms with Crippen LogP contribution < -0.4 is 10.9 Å². The maximum absolute atomic E-state index is 12.9. The minimum Gasteiger partial charge on any atom is -0.350 e. The zero-order valence-electron chi connectivity index (χ0n) is 15.8. The van der Waals surface area contributed by atoms with Gasteiger partial charge < -0.3 is 5.32 Å². The highest BCUT2D eigenvalue weighted by Crippen LogP contribution is 2.17. The topological polar surface area (TPSA) is 64.0 Å². The van der Waals surface area contributed by atoms with Gasteiger partial charge in [-0.25, -0.2) is 0 Å². The van der Waals surface area contributed by atoms with E-state index in [4.69, 9.17) is 23.2 Å². The summed E-state index contributed by atoms with van der Waals surface area (Å²) in [5.74, 6) is -0.351. The van der Waals surface area contributed by atoms with Crippen LogP contribution in [0.5, 0.6) is 0 Å². The first-order valence-electron chi connectivity index (χ1n) is 9.33. The highest BCUT2D eigenvalue weighted by molar-refractivity contribution is 6.30. The monoisotopic (exact) mass is 437 g/mol. The van der Waals surface area contributed by atoms with Crippen molar-refractivity contribution in [2.24, 2.45) is 0 Å². The molecule has 4 aromatic rings. The molecule has 30 heavy (non-hydrogen) atoms. The van der Waals surface area contributed by atoms with Gasteiger partial charge in [0.05, 0.1) is 11.1 Å². The second-order valence-electron chi connectivity index (χ2n) is 6.72. The number of rotatable bonds is 5. The second kappa shape index (κ2) is 8.69. The third-order valence-corrected chi connectivity index (χ3v) is 5.17. The standard InChI is InChI=1S/C23H17Cl2N3O2/c24-16-8-10-18(11-9-16)28-23(30)20-7-2-1-6-19(20)21(27-28)22(29)26-13-12-15-4-3-5-17(25)14-15/h1-11,14H,12-13H2,(H,26,29). The normalized spacial score (nSPS) is 10.9. The maximum Gasteiger partial charge on any atom is 0.279 e. The Morgan fingerprint density at radius 2 is 1.63 bits per heavy atom. The summed E-state index contributed by atoms with van der Waals surface area (Å²) >= 11 is 12.0. The minimum absolute atomic E-state index is 0.186. The summed E-state index contributed by atoms with van der Waals surface area (Å²) in [4.78, 5) is 25.9. The smallest absolute Gasteiger partial charge is 0.279 e. The van der Waals surface area contributed by atoms with E-state index in [1.54, 1.807) is 54.6 Å². The molecule has 0 atom stereocenters. The number of amides is 1. The fourth-order valence-corrected chi connectivity index (χ4v) is 3.55. The van der Waals surface area contributed by atoms with Crippen LogP contribution in [0, 0.1) is 0 Å². The Morgan fingerprint density at radius 3 is 2.37 bits per heavy atom. The fraction of sp³-hybridized carbons (Fsp3) is 0.0870. The van der Waals surface area contributed by atoms with Crippen molar-refractivity contribution in [1.29, 1.82) is 0 Å². The van der Waals surface area contributed by atoms with Gasteiger partial charge in [0.1, 0.15) is 0 Å². The van der Waals surface area contributed by atoms with Crippen LogP contribution >= 0.6 is 23.2 Å². The van der Waals surface area contributed by atoms with Gasteiger partial charge in [-0.1, -0.05) is 53.5 Å². The van der Waals surface area contributed by atoms with Gasteiger partial charge in [0, 0.05) is 22.0 Å². The SMILES string of the molecule is O=C(NCCc1cccc(Cl)c1)c1nn(-c2ccc(Cl)cc2)c(=O)c2ccccc12. The first-order chi connectivity index (χ1) is 14.5. The zero-order valence-corrected chi connectivity index (χ0v) is 17.3. The van der Waals surface area contributed by atoms with Crippen LogP contribution in [0.4, 0.5) is 0 Å². The summed E-state index contributed by atoms with van der Waals surface area (Å²) in [6.45, 7) is 0.412. The molecule has 3 aromatic carbocycles. The molecule has 0 radical (unpaired) electrons. The van der Waals surface area contributed by atoms with E-state index < -0.39 is 0 Å². The van der Waals surface area contributed by atoms with Gasteiger partial charge in [0.2, 0.25) is 0 Å². The molecule has 0 unspecified atom stereocenters. The summed E-state index contributed by atoms with van der Waals surface area (Å²) in [5.41, 5.74) is 1.43. The molecule has 0 saturated carbocycles. The van der Waals surface area contributed by atoms with Gasteiger partial charge in [0.15, 0.2) is 5.69 Å². The van der Waals surface area contributed by atoms with E-state index in [1.165, 1.54) is 4.68 Å². The molecule has 5 nitrogen and oxygen atoms in total. The van der Waals surface area contributed by atoms with E-state index in [0.29, 0.717) is 39.5 Å². The highest BCUT2D eigenvalue weighted by atomic mass is 35.5. The number of fused-ring (bicyclic) bond motifs is 1. The number of carbonyl (C=O) groups is 1. The molecule has 7 heteroatoms. The predicted octanol–water partition coefficient (Wildman–Crippen LogP) is 4.67. The van der Waals surface area contributed by atoms with Gasteiger partial charge in [-0.3, -0.25) is 9.59 Å². The molecule has 0 aliphatic carbocycles. The molecule has 1 heterocycles. The number of hydrogen-bond acceptors (Lipinski definition) is 3. The molecule has 0 aliphatic rings.